The maximum Gasteiger partial charge on any atom is 0.153 e. The van der Waals surface area contributed by atoms with Crippen molar-refractivity contribution in [1.82, 2.24) is 0 Å². The Morgan fingerprint density at radius 1 is 1.47 bits per heavy atom. The number of anilines is 1. The molecule has 0 spiro atoms. The maximum absolute atomic E-state index is 13.2. The summed E-state index contributed by atoms with van der Waals surface area (Å²) in [5, 5.41) is 0.368. The number of nitrogens with zero attached hydrogens (tertiary/aromatic N) is 1. The first kappa shape index (κ1) is 10.4. The second-order valence-corrected chi connectivity index (χ2v) is 4.17. The molecule has 1 heterocycles. The molecule has 0 aliphatic carbocycles. The molecule has 1 fully saturated rings. The van der Waals surface area contributed by atoms with Gasteiger partial charge in [0.05, 0.1) is 17.3 Å². The van der Waals surface area contributed by atoms with Gasteiger partial charge in [-0.3, -0.25) is 4.79 Å². The van der Waals surface area contributed by atoms with E-state index >= 15 is 0 Å². The van der Waals surface area contributed by atoms with E-state index in [1.807, 2.05) is 4.90 Å². The first-order chi connectivity index (χ1) is 7.08. The highest BCUT2D eigenvalue weighted by Crippen LogP contribution is 2.30. The smallest absolute Gasteiger partial charge is 0.153 e. The summed E-state index contributed by atoms with van der Waals surface area (Å²) in [6.45, 7) is 2.74. The highest BCUT2D eigenvalue weighted by Gasteiger charge is 2.22. The number of carbonyl (C=O) groups is 1. The number of ketones is 1. The number of benzene rings is 1. The zero-order valence-electron chi connectivity index (χ0n) is 8.39. The summed E-state index contributed by atoms with van der Waals surface area (Å²) in [6.07, 6.45) is 0.548. The standard InChI is InChI=1S/C11H11ClFNO/c1-7-4-11(9(12)5-10(7)13)14-3-2-8(15)6-14/h4-5H,2-3,6H2,1H3. The summed E-state index contributed by atoms with van der Waals surface area (Å²) < 4.78 is 13.2. The van der Waals surface area contributed by atoms with Crippen LogP contribution in [0.1, 0.15) is 12.0 Å². The molecule has 0 N–H and O–H groups in total. The van der Waals surface area contributed by atoms with E-state index in [1.165, 1.54) is 6.07 Å². The van der Waals surface area contributed by atoms with Crippen molar-refractivity contribution in [3.8, 4) is 0 Å². The fraction of sp³-hybridized carbons (Fsp3) is 0.364. The largest absolute Gasteiger partial charge is 0.363 e. The first-order valence-electron chi connectivity index (χ1n) is 4.80. The van der Waals surface area contributed by atoms with Crippen molar-refractivity contribution in [3.05, 3.63) is 28.5 Å². The van der Waals surface area contributed by atoms with Gasteiger partial charge in [0.1, 0.15) is 5.82 Å². The van der Waals surface area contributed by atoms with Crippen molar-refractivity contribution in [2.24, 2.45) is 0 Å². The van der Waals surface area contributed by atoms with Gasteiger partial charge in [0, 0.05) is 13.0 Å². The Labute approximate surface area is 92.6 Å². The summed E-state index contributed by atoms with van der Waals surface area (Å²) >= 11 is 5.94. The molecule has 0 amide bonds. The third-order valence-electron chi connectivity index (χ3n) is 2.60. The van der Waals surface area contributed by atoms with Crippen LogP contribution in [-0.4, -0.2) is 18.9 Å². The Kier molecular flexibility index (Phi) is 2.65. The molecule has 1 aromatic carbocycles. The predicted molar refractivity (Wildman–Crippen MR) is 58.0 cm³/mol. The predicted octanol–water partition coefficient (Wildman–Crippen LogP) is 2.57. The van der Waals surface area contributed by atoms with Gasteiger partial charge in [0.15, 0.2) is 5.78 Å². The molecule has 4 heteroatoms. The monoisotopic (exact) mass is 227 g/mol. The summed E-state index contributed by atoms with van der Waals surface area (Å²) in [5.41, 5.74) is 1.30. The van der Waals surface area contributed by atoms with Crippen LogP contribution in [0.5, 0.6) is 0 Å². The zero-order valence-corrected chi connectivity index (χ0v) is 9.14. The number of Topliss-reactive ketones (excluding diaryl/α,β-unsaturated/α-hetero) is 1. The third-order valence-corrected chi connectivity index (χ3v) is 2.90. The Morgan fingerprint density at radius 2 is 2.20 bits per heavy atom. The molecule has 1 aliphatic heterocycles. The van der Waals surface area contributed by atoms with Gasteiger partial charge in [-0.2, -0.15) is 0 Å². The summed E-state index contributed by atoms with van der Waals surface area (Å²) in [7, 11) is 0. The highest BCUT2D eigenvalue weighted by molar-refractivity contribution is 6.33. The van der Waals surface area contributed by atoms with Crippen molar-refractivity contribution < 1.29 is 9.18 Å². The molecule has 1 aromatic rings. The van der Waals surface area contributed by atoms with Gasteiger partial charge in [-0.25, -0.2) is 4.39 Å². The summed E-state index contributed by atoms with van der Waals surface area (Å²) in [4.78, 5) is 13.0. The molecule has 1 aliphatic rings. The van der Waals surface area contributed by atoms with Crippen LogP contribution in [0.15, 0.2) is 12.1 Å². The van der Waals surface area contributed by atoms with Crippen LogP contribution in [0, 0.1) is 12.7 Å². The number of aryl methyl sites for hydroxylation is 1. The minimum Gasteiger partial charge on any atom is -0.363 e. The Bertz CT molecular complexity index is 419. The van der Waals surface area contributed by atoms with Gasteiger partial charge in [-0.15, -0.1) is 0 Å². The molecular formula is C11H11ClFNO. The maximum atomic E-state index is 13.2. The number of hydrogen-bond donors (Lipinski definition) is 0. The van der Waals surface area contributed by atoms with E-state index < -0.39 is 0 Å². The Balaban J connectivity index is 2.36. The van der Waals surface area contributed by atoms with Crippen molar-refractivity contribution >= 4 is 23.1 Å². The molecule has 0 saturated carbocycles. The normalized spacial score (nSPS) is 16.2. The zero-order chi connectivity index (χ0) is 11.0. The van der Waals surface area contributed by atoms with Gasteiger partial charge < -0.3 is 4.90 Å². The summed E-state index contributed by atoms with van der Waals surface area (Å²) in [6, 6.07) is 2.99. The van der Waals surface area contributed by atoms with Gasteiger partial charge in [-0.1, -0.05) is 11.6 Å². The van der Waals surface area contributed by atoms with Gasteiger partial charge >= 0.3 is 0 Å². The first-order valence-corrected chi connectivity index (χ1v) is 5.18. The van der Waals surface area contributed by atoms with Crippen molar-refractivity contribution in [1.29, 1.82) is 0 Å². The molecule has 1 saturated heterocycles. The van der Waals surface area contributed by atoms with Gasteiger partial charge in [0.2, 0.25) is 0 Å². The van der Waals surface area contributed by atoms with Crippen LogP contribution in [-0.2, 0) is 4.79 Å². The molecule has 15 heavy (non-hydrogen) atoms. The fourth-order valence-corrected chi connectivity index (χ4v) is 1.99. The number of halogens is 2. The fourth-order valence-electron chi connectivity index (χ4n) is 1.72. The topological polar surface area (TPSA) is 20.3 Å². The molecular weight excluding hydrogens is 217 g/mol. The van der Waals surface area contributed by atoms with Crippen molar-refractivity contribution in [2.45, 2.75) is 13.3 Å². The second-order valence-electron chi connectivity index (χ2n) is 3.76. The van der Waals surface area contributed by atoms with Gasteiger partial charge in [0.25, 0.3) is 0 Å². The lowest BCUT2D eigenvalue weighted by atomic mass is 10.2. The van der Waals surface area contributed by atoms with E-state index in [1.54, 1.807) is 13.0 Å². The van der Waals surface area contributed by atoms with Crippen LogP contribution in [0.2, 0.25) is 5.02 Å². The molecule has 2 rings (SSSR count). The SMILES string of the molecule is Cc1cc(N2CCC(=O)C2)c(Cl)cc1F. The molecule has 0 bridgehead atoms. The van der Waals surface area contributed by atoms with Crippen LogP contribution < -0.4 is 4.90 Å². The van der Waals surface area contributed by atoms with E-state index in [-0.39, 0.29) is 11.6 Å². The van der Waals surface area contributed by atoms with Crippen LogP contribution in [0.3, 0.4) is 0 Å². The van der Waals surface area contributed by atoms with E-state index in [0.717, 1.165) is 5.69 Å². The van der Waals surface area contributed by atoms with E-state index in [4.69, 9.17) is 11.6 Å². The third kappa shape index (κ3) is 1.97. The van der Waals surface area contributed by atoms with Gasteiger partial charge in [-0.05, 0) is 24.6 Å². The Hall–Kier alpha value is -1.09. The molecule has 2 nitrogen and oxygen atoms in total. The number of carbonyl (C=O) groups excluding carboxylic acids is 1. The number of rotatable bonds is 1. The minimum atomic E-state index is -0.311. The molecule has 0 aromatic heterocycles. The van der Waals surface area contributed by atoms with E-state index in [0.29, 0.717) is 30.1 Å². The van der Waals surface area contributed by atoms with E-state index in [9.17, 15) is 9.18 Å². The van der Waals surface area contributed by atoms with Crippen molar-refractivity contribution in [2.75, 3.05) is 18.0 Å². The highest BCUT2D eigenvalue weighted by atomic mass is 35.5. The van der Waals surface area contributed by atoms with Crippen LogP contribution in [0.25, 0.3) is 0 Å². The quantitative estimate of drug-likeness (QED) is 0.735. The minimum absolute atomic E-state index is 0.202. The molecule has 0 atom stereocenters. The van der Waals surface area contributed by atoms with E-state index in [2.05, 4.69) is 0 Å². The summed E-state index contributed by atoms with van der Waals surface area (Å²) in [5.74, 6) is -0.109. The lowest BCUT2D eigenvalue weighted by Gasteiger charge is -2.18. The average Bonchev–Trinajstić information content (AvgIpc) is 2.58. The molecule has 0 unspecified atom stereocenters. The lowest BCUT2D eigenvalue weighted by Crippen LogP contribution is -2.20. The number of hydrogen-bond acceptors (Lipinski definition) is 2. The average molecular weight is 228 g/mol. The van der Waals surface area contributed by atoms with Crippen molar-refractivity contribution in [3.63, 3.8) is 0 Å². The van der Waals surface area contributed by atoms with Crippen LogP contribution in [0.4, 0.5) is 10.1 Å². The molecule has 80 valence electrons. The second kappa shape index (κ2) is 3.81. The van der Waals surface area contributed by atoms with Crippen LogP contribution >= 0.6 is 11.6 Å². The molecule has 0 radical (unpaired) electrons. The Morgan fingerprint density at radius 3 is 2.80 bits per heavy atom. The lowest BCUT2D eigenvalue weighted by molar-refractivity contribution is -0.116.